The molecule has 4 rings (SSSR count). The second-order valence-electron chi connectivity index (χ2n) is 7.56. The molecule has 0 unspecified atom stereocenters. The van der Waals surface area contributed by atoms with E-state index in [1.807, 2.05) is 24.3 Å². The second kappa shape index (κ2) is 16.0. The van der Waals surface area contributed by atoms with Crippen LogP contribution in [0.1, 0.15) is 0 Å². The van der Waals surface area contributed by atoms with Gasteiger partial charge in [0.05, 0.1) is 0 Å². The summed E-state index contributed by atoms with van der Waals surface area (Å²) in [6, 6.07) is 27.0. The van der Waals surface area contributed by atoms with E-state index in [0.717, 1.165) is 15.3 Å². The van der Waals surface area contributed by atoms with Gasteiger partial charge in [0.1, 0.15) is 0 Å². The summed E-state index contributed by atoms with van der Waals surface area (Å²) in [7, 11) is 9.48. The van der Waals surface area contributed by atoms with Gasteiger partial charge in [0.15, 0.2) is 15.1 Å². The quantitative estimate of drug-likeness (QED) is 0.140. The van der Waals surface area contributed by atoms with Gasteiger partial charge < -0.3 is 9.16 Å². The van der Waals surface area contributed by atoms with Crippen LogP contribution in [-0.4, -0.2) is 24.6 Å². The van der Waals surface area contributed by atoms with Crippen LogP contribution >= 0.6 is 17.0 Å². The summed E-state index contributed by atoms with van der Waals surface area (Å²) in [6.07, 6.45) is 0. The number of hydrogen-bond donors (Lipinski definition) is 0. The van der Waals surface area contributed by atoms with Crippen LogP contribution in [0.5, 0.6) is 5.75 Å². The molecule has 31 heavy (non-hydrogen) atoms. The molecule has 4 aromatic carbocycles. The molecule has 2 radical (unpaired) electrons. The third-order valence-corrected chi connectivity index (χ3v) is 4.84. The third-order valence-electron chi connectivity index (χ3n) is 3.86. The Bertz CT molecular complexity index is 915. The number of fused-ring (bicyclic) bond motifs is 2. The van der Waals surface area contributed by atoms with Crippen molar-refractivity contribution in [2.24, 2.45) is 0 Å². The van der Waals surface area contributed by atoms with Crippen molar-refractivity contribution >= 4 is 56.4 Å². The van der Waals surface area contributed by atoms with Crippen molar-refractivity contribution in [3.8, 4) is 5.75 Å². The van der Waals surface area contributed by atoms with Gasteiger partial charge in [-0.2, -0.15) is 17.5 Å². The molecular formula is C24H30Cl2O2Si2Zr. The van der Waals surface area contributed by atoms with Gasteiger partial charge in [-0.05, 0) is 19.6 Å². The molecule has 0 amide bonds. The number of benzene rings is 2. The molecule has 4 aromatic rings. The number of ether oxygens (including phenoxy) is 1. The fraction of sp³-hybridized carbons (Fsp3) is 0.250. The number of hydrogen-bond acceptors (Lipinski definition) is 2. The topological polar surface area (TPSA) is 18.5 Å². The fourth-order valence-electron chi connectivity index (χ4n) is 2.55. The van der Waals surface area contributed by atoms with E-state index < -0.39 is 29.2 Å². The molecule has 0 spiro atoms. The first-order chi connectivity index (χ1) is 14.8. The molecule has 0 N–H and O–H groups in total. The largest absolute Gasteiger partial charge is 0.168 e. The number of halogens is 2. The van der Waals surface area contributed by atoms with Crippen LogP contribution in [0.3, 0.4) is 0 Å². The molecule has 0 fully saturated rings. The maximum atomic E-state index is 5.65. The minimum absolute atomic E-state index is 0.353. The summed E-state index contributed by atoms with van der Waals surface area (Å²) in [4.78, 5) is 0. The Morgan fingerprint density at radius 3 is 2.00 bits per heavy atom. The smallest absolute Gasteiger partial charge is 0.0809 e. The summed E-state index contributed by atoms with van der Waals surface area (Å²) < 4.78 is 11.2. The standard InChI is InChI=1S/C13H17O2Si.C9H7.C2H6Si.2ClH.Zr/c1-16(2,3)15-10-14-13-8-11-6-4-5-7-12(11)9-13;1-2-5-9-7-3-6-8(9)4-1;1-3-2;;;/h4-9H,10H2,1-3H3;1-7H;1-2H3;2*1H;/q2*-1;;;;+4/p-2. The molecule has 0 atom stereocenters. The SMILES string of the molecule is C[Si](C)(C)OCOc1cc2ccccc2[cH-]1.C[Si]C.[Cl][Zr+2][Cl].c1ccc2[cH-]ccc2c1. The summed E-state index contributed by atoms with van der Waals surface area (Å²) in [5, 5.41) is 5.09. The monoisotopic (exact) mass is 566 g/mol. The summed E-state index contributed by atoms with van der Waals surface area (Å²) in [5.74, 6) is 0.888. The van der Waals surface area contributed by atoms with Crippen molar-refractivity contribution in [3.05, 3.63) is 78.9 Å². The van der Waals surface area contributed by atoms with E-state index in [1.165, 1.54) is 21.5 Å². The first kappa shape index (κ1) is 28.3. The van der Waals surface area contributed by atoms with Crippen LogP contribution in [0.25, 0.3) is 21.5 Å². The maximum Gasteiger partial charge on any atom is -0.0809 e. The molecule has 0 saturated carbocycles. The van der Waals surface area contributed by atoms with E-state index in [4.69, 9.17) is 26.2 Å². The molecule has 164 valence electrons. The fourth-order valence-corrected chi connectivity index (χ4v) is 2.96. The van der Waals surface area contributed by atoms with E-state index in [0.29, 0.717) is 6.79 Å². The van der Waals surface area contributed by atoms with Gasteiger partial charge in [0.25, 0.3) is 0 Å². The van der Waals surface area contributed by atoms with E-state index in [-0.39, 0.29) is 0 Å². The first-order valence-electron chi connectivity index (χ1n) is 9.92. The summed E-state index contributed by atoms with van der Waals surface area (Å²) >= 11 is -0.826. The van der Waals surface area contributed by atoms with Crippen molar-refractivity contribution < 1.29 is 30.0 Å². The van der Waals surface area contributed by atoms with Gasteiger partial charge in [0, 0.05) is 15.3 Å². The molecule has 0 aliphatic carbocycles. The second-order valence-corrected chi connectivity index (χ2v) is 16.8. The van der Waals surface area contributed by atoms with Crippen LogP contribution < -0.4 is 4.74 Å². The van der Waals surface area contributed by atoms with Crippen molar-refractivity contribution in [2.75, 3.05) is 6.79 Å². The maximum absolute atomic E-state index is 5.65. The Kier molecular flexibility index (Phi) is 14.6. The Morgan fingerprint density at radius 1 is 0.903 bits per heavy atom. The van der Waals surface area contributed by atoms with Gasteiger partial charge in [-0.1, -0.05) is 25.2 Å². The molecule has 0 heterocycles. The zero-order chi connectivity index (χ0) is 23.1. The van der Waals surface area contributed by atoms with Gasteiger partial charge >= 0.3 is 37.9 Å². The normalized spacial score (nSPS) is 10.0. The van der Waals surface area contributed by atoms with Crippen molar-refractivity contribution in [3.63, 3.8) is 0 Å². The van der Waals surface area contributed by atoms with Crippen molar-refractivity contribution in [1.29, 1.82) is 0 Å². The summed E-state index contributed by atoms with van der Waals surface area (Å²) in [5.41, 5.74) is 0. The minimum Gasteiger partial charge on any atom is -0.168 e. The molecule has 0 aliphatic rings. The average Bonchev–Trinajstić information content (AvgIpc) is 3.35. The Hall–Kier alpha value is -0.683. The zero-order valence-electron chi connectivity index (χ0n) is 18.8. The van der Waals surface area contributed by atoms with Crippen molar-refractivity contribution in [2.45, 2.75) is 32.7 Å². The summed E-state index contributed by atoms with van der Waals surface area (Å²) in [6.45, 7) is 11.1. The molecule has 0 aliphatic heterocycles. The number of rotatable bonds is 4. The van der Waals surface area contributed by atoms with E-state index >= 15 is 0 Å². The molecular weight excluding hydrogens is 539 g/mol. The molecule has 0 aromatic heterocycles. The van der Waals surface area contributed by atoms with E-state index in [2.05, 4.69) is 87.3 Å². The predicted octanol–water partition coefficient (Wildman–Crippen LogP) is 8.47. The average molecular weight is 569 g/mol. The van der Waals surface area contributed by atoms with Gasteiger partial charge in [-0.25, -0.2) is 0 Å². The Balaban J connectivity index is 0.000000268. The van der Waals surface area contributed by atoms with Crippen LogP contribution in [0.2, 0.25) is 32.7 Å². The minimum atomic E-state index is -1.48. The zero-order valence-corrected chi connectivity index (χ0v) is 24.8. The molecule has 7 heteroatoms. The third kappa shape index (κ3) is 12.2. The van der Waals surface area contributed by atoms with Gasteiger partial charge in [-0.3, -0.25) is 0 Å². The molecule has 2 nitrogen and oxygen atoms in total. The van der Waals surface area contributed by atoms with E-state index in [1.54, 1.807) is 0 Å². The predicted molar refractivity (Wildman–Crippen MR) is 138 cm³/mol. The van der Waals surface area contributed by atoms with Crippen molar-refractivity contribution in [1.82, 2.24) is 0 Å². The Labute approximate surface area is 209 Å². The van der Waals surface area contributed by atoms with Crippen LogP contribution in [0.15, 0.2) is 78.9 Å². The first-order valence-corrected chi connectivity index (χ1v) is 21.7. The van der Waals surface area contributed by atoms with Crippen LogP contribution in [-0.2, 0) is 25.3 Å². The van der Waals surface area contributed by atoms with Crippen LogP contribution in [0, 0.1) is 0 Å². The molecule has 0 bridgehead atoms. The van der Waals surface area contributed by atoms with Crippen LogP contribution in [0.4, 0.5) is 0 Å². The van der Waals surface area contributed by atoms with Gasteiger partial charge in [-0.15, -0.1) is 70.8 Å². The Morgan fingerprint density at radius 2 is 1.45 bits per heavy atom. The van der Waals surface area contributed by atoms with E-state index in [9.17, 15) is 0 Å². The molecule has 0 saturated heterocycles. The van der Waals surface area contributed by atoms with Gasteiger partial charge in [0.2, 0.25) is 0 Å².